The smallest absolute Gasteiger partial charge is 0.319 e. The number of aromatic nitrogens is 1. The van der Waals surface area contributed by atoms with Crippen LogP contribution < -0.4 is 15.5 Å². The molecule has 132 valence electrons. The minimum Gasteiger partial charge on any atom is -0.367 e. The van der Waals surface area contributed by atoms with Crippen molar-refractivity contribution < 1.29 is 13.6 Å². The molecule has 25 heavy (non-hydrogen) atoms. The predicted molar refractivity (Wildman–Crippen MR) is 92.6 cm³/mol. The molecule has 0 spiro atoms. The summed E-state index contributed by atoms with van der Waals surface area (Å²) >= 11 is 0. The quantitative estimate of drug-likeness (QED) is 0.884. The lowest BCUT2D eigenvalue weighted by Gasteiger charge is -2.20. The van der Waals surface area contributed by atoms with Crippen LogP contribution in [0.4, 0.5) is 25.0 Å². The number of amides is 2. The number of pyridine rings is 1. The Bertz CT molecular complexity index is 725. The summed E-state index contributed by atoms with van der Waals surface area (Å²) in [6.07, 6.45) is 5.11. The van der Waals surface area contributed by atoms with E-state index in [0.717, 1.165) is 30.5 Å². The first kappa shape index (κ1) is 17.1. The molecule has 1 atom stereocenters. The van der Waals surface area contributed by atoms with Gasteiger partial charge in [0.15, 0.2) is 11.6 Å². The molecule has 2 heterocycles. The van der Waals surface area contributed by atoms with Crippen LogP contribution in [0.2, 0.25) is 0 Å². The topological polar surface area (TPSA) is 57.3 Å². The molecule has 1 unspecified atom stereocenters. The standard InChI is InChI=1S/C18H20F2N4O/c1-12(13-4-6-21-7-5-13)22-18(25)23-14-10-15(19)17(16(20)11-14)24-8-2-3-9-24/h4-7,10-12H,2-3,8-9H2,1H3,(H2,22,23,25). The normalized spacial score (nSPS) is 15.1. The molecule has 0 radical (unpaired) electrons. The van der Waals surface area contributed by atoms with E-state index in [1.807, 2.05) is 6.92 Å². The van der Waals surface area contributed by atoms with Crippen LogP contribution in [0.3, 0.4) is 0 Å². The Labute approximate surface area is 145 Å². The van der Waals surface area contributed by atoms with Gasteiger partial charge in [0.05, 0.1) is 6.04 Å². The van der Waals surface area contributed by atoms with Gasteiger partial charge >= 0.3 is 6.03 Å². The predicted octanol–water partition coefficient (Wildman–Crippen LogP) is 3.84. The zero-order valence-corrected chi connectivity index (χ0v) is 13.9. The highest BCUT2D eigenvalue weighted by atomic mass is 19.1. The van der Waals surface area contributed by atoms with Crippen LogP contribution in [-0.2, 0) is 0 Å². The summed E-state index contributed by atoms with van der Waals surface area (Å²) in [5.41, 5.74) is 0.942. The maximum absolute atomic E-state index is 14.3. The van der Waals surface area contributed by atoms with Crippen molar-refractivity contribution in [2.24, 2.45) is 0 Å². The maximum Gasteiger partial charge on any atom is 0.319 e. The maximum atomic E-state index is 14.3. The highest BCUT2D eigenvalue weighted by Crippen LogP contribution is 2.29. The summed E-state index contributed by atoms with van der Waals surface area (Å²) < 4.78 is 28.6. The van der Waals surface area contributed by atoms with E-state index in [4.69, 9.17) is 0 Å². The third-order valence-corrected chi connectivity index (χ3v) is 4.25. The lowest BCUT2D eigenvalue weighted by atomic mass is 10.1. The zero-order valence-electron chi connectivity index (χ0n) is 13.9. The van der Waals surface area contributed by atoms with Gasteiger partial charge in [-0.05, 0) is 49.6 Å². The minimum absolute atomic E-state index is 0.0198. The largest absolute Gasteiger partial charge is 0.367 e. The molecule has 5 nitrogen and oxygen atoms in total. The lowest BCUT2D eigenvalue weighted by molar-refractivity contribution is 0.249. The molecule has 2 N–H and O–H groups in total. The molecular formula is C18H20F2N4O. The van der Waals surface area contributed by atoms with Gasteiger partial charge in [-0.25, -0.2) is 13.6 Å². The molecule has 7 heteroatoms. The van der Waals surface area contributed by atoms with Gasteiger partial charge in [0, 0.05) is 31.2 Å². The number of hydrogen-bond acceptors (Lipinski definition) is 3. The molecule has 0 aliphatic carbocycles. The van der Waals surface area contributed by atoms with Crippen LogP contribution in [0.25, 0.3) is 0 Å². The second-order valence-electron chi connectivity index (χ2n) is 6.08. The summed E-state index contributed by atoms with van der Waals surface area (Å²) in [7, 11) is 0. The molecule has 0 saturated carbocycles. The van der Waals surface area contributed by atoms with Gasteiger partial charge in [-0.15, -0.1) is 0 Å². The van der Waals surface area contributed by atoms with Gasteiger partial charge in [-0.2, -0.15) is 0 Å². The molecular weight excluding hydrogens is 326 g/mol. The SMILES string of the molecule is CC(NC(=O)Nc1cc(F)c(N2CCCC2)c(F)c1)c1ccncc1. The molecule has 1 aliphatic heterocycles. The van der Waals surface area contributed by atoms with Crippen molar-refractivity contribution in [3.8, 4) is 0 Å². The van der Waals surface area contributed by atoms with Crippen LogP contribution in [0.5, 0.6) is 0 Å². The first-order chi connectivity index (χ1) is 12.0. The third kappa shape index (κ3) is 4.04. The monoisotopic (exact) mass is 346 g/mol. The van der Waals surface area contributed by atoms with Gasteiger partial charge in [-0.1, -0.05) is 0 Å². The Hall–Kier alpha value is -2.70. The number of benzene rings is 1. The van der Waals surface area contributed by atoms with E-state index in [-0.39, 0.29) is 17.4 Å². The van der Waals surface area contributed by atoms with Crippen LogP contribution in [0, 0.1) is 11.6 Å². The average Bonchev–Trinajstić information content (AvgIpc) is 3.09. The number of carbonyl (C=O) groups excluding carboxylic acids is 1. The van der Waals surface area contributed by atoms with Crippen LogP contribution >= 0.6 is 0 Å². The van der Waals surface area contributed by atoms with Crippen molar-refractivity contribution in [1.82, 2.24) is 10.3 Å². The van der Waals surface area contributed by atoms with E-state index in [0.29, 0.717) is 13.1 Å². The summed E-state index contributed by atoms with van der Waals surface area (Å²) in [4.78, 5) is 17.7. The van der Waals surface area contributed by atoms with E-state index < -0.39 is 17.7 Å². The number of carbonyl (C=O) groups is 1. The fourth-order valence-electron chi connectivity index (χ4n) is 2.98. The first-order valence-electron chi connectivity index (χ1n) is 8.26. The summed E-state index contributed by atoms with van der Waals surface area (Å²) in [6.45, 7) is 3.10. The Balaban J connectivity index is 1.67. The number of rotatable bonds is 4. The Kier molecular flexibility index (Phi) is 5.11. The second-order valence-corrected chi connectivity index (χ2v) is 6.08. The van der Waals surface area contributed by atoms with Crippen molar-refractivity contribution in [3.05, 3.63) is 53.9 Å². The van der Waals surface area contributed by atoms with Crippen LogP contribution in [-0.4, -0.2) is 24.1 Å². The van der Waals surface area contributed by atoms with Gasteiger partial charge in [-0.3, -0.25) is 4.98 Å². The molecule has 3 rings (SSSR count). The summed E-state index contributed by atoms with van der Waals surface area (Å²) in [5.74, 6) is -1.33. The summed E-state index contributed by atoms with van der Waals surface area (Å²) in [6, 6.07) is 5.07. The Morgan fingerprint density at radius 3 is 2.36 bits per heavy atom. The number of nitrogens with zero attached hydrogens (tertiary/aromatic N) is 2. The number of nitrogens with one attached hydrogen (secondary N) is 2. The van der Waals surface area contributed by atoms with E-state index in [2.05, 4.69) is 15.6 Å². The van der Waals surface area contributed by atoms with Crippen molar-refractivity contribution in [2.75, 3.05) is 23.3 Å². The van der Waals surface area contributed by atoms with Crippen molar-refractivity contribution in [3.63, 3.8) is 0 Å². The van der Waals surface area contributed by atoms with E-state index >= 15 is 0 Å². The molecule has 1 aromatic carbocycles. The molecule has 2 amide bonds. The molecule has 1 aromatic heterocycles. The Morgan fingerprint density at radius 2 is 1.76 bits per heavy atom. The molecule has 1 fully saturated rings. The number of urea groups is 1. The van der Waals surface area contributed by atoms with Crippen LogP contribution in [0.15, 0.2) is 36.7 Å². The molecule has 1 saturated heterocycles. The summed E-state index contributed by atoms with van der Waals surface area (Å²) in [5, 5.41) is 5.20. The Morgan fingerprint density at radius 1 is 1.16 bits per heavy atom. The molecule has 0 bridgehead atoms. The second kappa shape index (κ2) is 7.46. The fourth-order valence-corrected chi connectivity index (χ4v) is 2.98. The van der Waals surface area contributed by atoms with Gasteiger partial charge in [0.25, 0.3) is 0 Å². The first-order valence-corrected chi connectivity index (χ1v) is 8.26. The van der Waals surface area contributed by atoms with Gasteiger partial charge in [0.1, 0.15) is 5.69 Å². The lowest BCUT2D eigenvalue weighted by Crippen LogP contribution is -2.31. The number of anilines is 2. The number of halogens is 2. The van der Waals surface area contributed by atoms with Crippen molar-refractivity contribution in [1.29, 1.82) is 0 Å². The van der Waals surface area contributed by atoms with Crippen molar-refractivity contribution >= 4 is 17.4 Å². The van der Waals surface area contributed by atoms with E-state index in [1.165, 1.54) is 0 Å². The average molecular weight is 346 g/mol. The minimum atomic E-state index is -0.667. The highest BCUT2D eigenvalue weighted by molar-refractivity contribution is 5.89. The molecule has 1 aliphatic rings. The van der Waals surface area contributed by atoms with E-state index in [9.17, 15) is 13.6 Å². The van der Waals surface area contributed by atoms with E-state index in [1.54, 1.807) is 29.4 Å². The number of hydrogen-bond donors (Lipinski definition) is 2. The molecule has 2 aromatic rings. The van der Waals surface area contributed by atoms with Gasteiger partial charge in [0.2, 0.25) is 0 Å². The van der Waals surface area contributed by atoms with Crippen LogP contribution in [0.1, 0.15) is 31.4 Å². The zero-order chi connectivity index (χ0) is 17.8. The third-order valence-electron chi connectivity index (χ3n) is 4.25. The van der Waals surface area contributed by atoms with Gasteiger partial charge < -0.3 is 15.5 Å². The van der Waals surface area contributed by atoms with Crippen molar-refractivity contribution in [2.45, 2.75) is 25.8 Å². The highest BCUT2D eigenvalue weighted by Gasteiger charge is 2.21. The fraction of sp³-hybridized carbons (Fsp3) is 0.333.